The van der Waals surface area contributed by atoms with Gasteiger partial charge in [-0.3, -0.25) is 9.94 Å². The molecular weight excluding hydrogens is 154 g/mol. The summed E-state index contributed by atoms with van der Waals surface area (Å²) >= 11 is 0. The van der Waals surface area contributed by atoms with E-state index in [0.29, 0.717) is 0 Å². The quantitative estimate of drug-likeness (QED) is 0.672. The molecule has 0 amide bonds. The minimum atomic E-state index is 0.803. The lowest BCUT2D eigenvalue weighted by Crippen LogP contribution is -2.18. The fourth-order valence-corrected chi connectivity index (χ4v) is 1.28. The number of aryl methyl sites for hydroxylation is 1. The number of hydroxylamine groups is 1. The Morgan fingerprint density at radius 1 is 1.75 bits per heavy atom. The summed E-state index contributed by atoms with van der Waals surface area (Å²) in [5.41, 5.74) is 2.16. The minimum Gasteiger partial charge on any atom is -0.271 e. The zero-order valence-corrected chi connectivity index (χ0v) is 7.09. The Balaban J connectivity index is 2.44. The molecule has 1 aliphatic rings. The van der Waals surface area contributed by atoms with Crippen molar-refractivity contribution < 1.29 is 4.84 Å². The molecule has 63 valence electrons. The van der Waals surface area contributed by atoms with Crippen LogP contribution in [0.5, 0.6) is 0 Å². The number of aromatic amines is 1. The van der Waals surface area contributed by atoms with Crippen LogP contribution in [-0.2, 0) is 11.3 Å². The van der Waals surface area contributed by atoms with E-state index in [4.69, 9.17) is 4.84 Å². The van der Waals surface area contributed by atoms with E-state index in [2.05, 4.69) is 16.3 Å². The minimum absolute atomic E-state index is 0.803. The summed E-state index contributed by atoms with van der Waals surface area (Å²) in [6, 6.07) is 0. The summed E-state index contributed by atoms with van der Waals surface area (Å²) in [5.74, 6) is 0.911. The maximum atomic E-state index is 5.07. The van der Waals surface area contributed by atoms with Gasteiger partial charge in [0, 0.05) is 18.2 Å². The normalized spacial score (nSPS) is 15.0. The first-order valence-electron chi connectivity index (χ1n) is 3.77. The Hall–Kier alpha value is -1.29. The van der Waals surface area contributed by atoms with Crippen molar-refractivity contribution in [1.29, 1.82) is 0 Å². The van der Waals surface area contributed by atoms with Crippen LogP contribution in [0.3, 0.4) is 0 Å². The SMILES string of the molecule is CON1C=[C]Cc2c(C)n[nH]c21. The first kappa shape index (κ1) is 7.36. The highest BCUT2D eigenvalue weighted by Gasteiger charge is 2.17. The van der Waals surface area contributed by atoms with E-state index < -0.39 is 0 Å². The second kappa shape index (κ2) is 2.64. The molecule has 2 rings (SSSR count). The van der Waals surface area contributed by atoms with Crippen LogP contribution in [0.2, 0.25) is 0 Å². The molecule has 0 atom stereocenters. The van der Waals surface area contributed by atoms with Gasteiger partial charge in [-0.1, -0.05) is 0 Å². The zero-order chi connectivity index (χ0) is 8.55. The molecule has 0 saturated carbocycles. The van der Waals surface area contributed by atoms with Gasteiger partial charge in [0.2, 0.25) is 0 Å². The molecule has 0 bridgehead atoms. The van der Waals surface area contributed by atoms with Crippen LogP contribution in [0.1, 0.15) is 11.3 Å². The van der Waals surface area contributed by atoms with Crippen molar-refractivity contribution in [3.8, 4) is 0 Å². The van der Waals surface area contributed by atoms with Crippen LogP contribution in [0.4, 0.5) is 5.82 Å². The number of H-pyrrole nitrogens is 1. The van der Waals surface area contributed by atoms with Crippen molar-refractivity contribution in [2.45, 2.75) is 13.3 Å². The molecule has 12 heavy (non-hydrogen) atoms. The summed E-state index contributed by atoms with van der Waals surface area (Å²) in [5, 5.41) is 8.62. The van der Waals surface area contributed by atoms with E-state index in [1.165, 1.54) is 0 Å². The van der Waals surface area contributed by atoms with E-state index in [9.17, 15) is 0 Å². The second-order valence-electron chi connectivity index (χ2n) is 2.65. The van der Waals surface area contributed by atoms with Crippen molar-refractivity contribution >= 4 is 5.82 Å². The van der Waals surface area contributed by atoms with Crippen molar-refractivity contribution in [1.82, 2.24) is 10.2 Å². The molecule has 1 N–H and O–H groups in total. The Kier molecular flexibility index (Phi) is 1.62. The average Bonchev–Trinajstić information content (AvgIpc) is 2.48. The maximum Gasteiger partial charge on any atom is 0.157 e. The monoisotopic (exact) mass is 164 g/mol. The fourth-order valence-electron chi connectivity index (χ4n) is 1.28. The summed E-state index contributed by atoms with van der Waals surface area (Å²) in [6.45, 7) is 1.97. The molecule has 4 nitrogen and oxygen atoms in total. The van der Waals surface area contributed by atoms with Crippen molar-refractivity contribution in [2.75, 3.05) is 12.2 Å². The number of anilines is 1. The van der Waals surface area contributed by atoms with Gasteiger partial charge in [-0.2, -0.15) is 5.10 Å². The van der Waals surface area contributed by atoms with Gasteiger partial charge in [0.05, 0.1) is 12.8 Å². The number of allylic oxidation sites excluding steroid dienone is 1. The lowest BCUT2D eigenvalue weighted by Gasteiger charge is -2.19. The van der Waals surface area contributed by atoms with Crippen LogP contribution in [-0.4, -0.2) is 17.3 Å². The van der Waals surface area contributed by atoms with Gasteiger partial charge in [-0.15, -0.1) is 0 Å². The highest BCUT2D eigenvalue weighted by atomic mass is 16.7. The number of hydrogen-bond donors (Lipinski definition) is 1. The summed E-state index contributed by atoms with van der Waals surface area (Å²) in [4.78, 5) is 5.07. The Bertz CT molecular complexity index is 316. The van der Waals surface area contributed by atoms with Crippen LogP contribution in [0, 0.1) is 13.0 Å². The molecule has 1 aromatic rings. The molecule has 2 heterocycles. The van der Waals surface area contributed by atoms with E-state index >= 15 is 0 Å². The Labute approximate surface area is 70.8 Å². The van der Waals surface area contributed by atoms with Gasteiger partial charge >= 0.3 is 0 Å². The first-order chi connectivity index (χ1) is 5.83. The van der Waals surface area contributed by atoms with Gasteiger partial charge < -0.3 is 0 Å². The molecule has 0 saturated heterocycles. The van der Waals surface area contributed by atoms with Gasteiger partial charge in [0.25, 0.3) is 0 Å². The molecule has 1 radical (unpaired) electrons. The molecule has 1 aromatic heterocycles. The largest absolute Gasteiger partial charge is 0.271 e. The third-order valence-electron chi connectivity index (χ3n) is 1.96. The van der Waals surface area contributed by atoms with Crippen LogP contribution in [0.15, 0.2) is 6.20 Å². The summed E-state index contributed by atoms with van der Waals surface area (Å²) < 4.78 is 0. The number of rotatable bonds is 1. The summed E-state index contributed by atoms with van der Waals surface area (Å²) in [7, 11) is 1.61. The maximum absolute atomic E-state index is 5.07. The van der Waals surface area contributed by atoms with Crippen molar-refractivity contribution in [2.24, 2.45) is 0 Å². The fraction of sp³-hybridized carbons (Fsp3) is 0.375. The number of fused-ring (bicyclic) bond motifs is 1. The van der Waals surface area contributed by atoms with E-state index in [1.807, 2.05) is 6.92 Å². The Morgan fingerprint density at radius 2 is 2.58 bits per heavy atom. The molecule has 4 heteroatoms. The molecule has 1 aliphatic heterocycles. The zero-order valence-electron chi connectivity index (χ0n) is 7.09. The van der Waals surface area contributed by atoms with Crippen LogP contribution >= 0.6 is 0 Å². The molecule has 0 aliphatic carbocycles. The van der Waals surface area contributed by atoms with Gasteiger partial charge in [-0.05, 0) is 13.0 Å². The highest BCUT2D eigenvalue weighted by Crippen LogP contribution is 2.24. The Morgan fingerprint density at radius 3 is 3.33 bits per heavy atom. The predicted octanol–water partition coefficient (Wildman–Crippen LogP) is 0.959. The number of nitrogens with one attached hydrogen (secondary N) is 1. The average molecular weight is 164 g/mol. The van der Waals surface area contributed by atoms with Gasteiger partial charge in [0.1, 0.15) is 0 Å². The third-order valence-corrected chi connectivity index (χ3v) is 1.96. The number of hydrogen-bond acceptors (Lipinski definition) is 3. The third kappa shape index (κ3) is 0.921. The summed E-state index contributed by atoms with van der Waals surface area (Å²) in [6.07, 6.45) is 5.65. The molecule has 0 fully saturated rings. The molecular formula is C8H10N3O. The van der Waals surface area contributed by atoms with Crippen molar-refractivity contribution in [3.63, 3.8) is 0 Å². The lowest BCUT2D eigenvalue weighted by atomic mass is 10.1. The van der Waals surface area contributed by atoms with E-state index in [1.54, 1.807) is 18.4 Å². The van der Waals surface area contributed by atoms with E-state index in [0.717, 1.165) is 23.5 Å². The van der Waals surface area contributed by atoms with Gasteiger partial charge in [-0.25, -0.2) is 5.06 Å². The van der Waals surface area contributed by atoms with E-state index in [-0.39, 0.29) is 0 Å². The molecule has 0 unspecified atom stereocenters. The number of aromatic nitrogens is 2. The topological polar surface area (TPSA) is 41.1 Å². The van der Waals surface area contributed by atoms with Crippen LogP contribution < -0.4 is 5.06 Å². The predicted molar refractivity (Wildman–Crippen MR) is 44.3 cm³/mol. The molecule has 0 spiro atoms. The standard InChI is InChI=1S/C8H10N3O/c1-6-7-4-3-5-11(12-2)8(7)10-9-6/h5H,4H2,1-2H3,(H,9,10). The van der Waals surface area contributed by atoms with Gasteiger partial charge in [0.15, 0.2) is 5.82 Å². The molecule has 0 aromatic carbocycles. The van der Waals surface area contributed by atoms with Crippen molar-refractivity contribution in [3.05, 3.63) is 23.5 Å². The lowest BCUT2D eigenvalue weighted by molar-refractivity contribution is 0.193. The highest BCUT2D eigenvalue weighted by molar-refractivity contribution is 5.51. The second-order valence-corrected chi connectivity index (χ2v) is 2.65. The number of nitrogens with zero attached hydrogens (tertiary/aromatic N) is 2. The smallest absolute Gasteiger partial charge is 0.157 e. The van der Waals surface area contributed by atoms with Crippen LogP contribution in [0.25, 0.3) is 0 Å². The first-order valence-corrected chi connectivity index (χ1v) is 3.77.